The zero-order valence-corrected chi connectivity index (χ0v) is 18.4. The molecule has 0 aliphatic rings. The lowest BCUT2D eigenvalue weighted by atomic mass is 9.96. The Morgan fingerprint density at radius 3 is 1.92 bits per heavy atom. The molecule has 0 saturated heterocycles. The monoisotopic (exact) mass is 363 g/mol. The SMILES string of the molecule is CCCCCCCCCCC(CC)c1[nH]cc[n+]1C(C)CCCCCC. The molecular formula is C24H47N2+. The Balaban J connectivity index is 2.34. The summed E-state index contributed by atoms with van der Waals surface area (Å²) in [4.78, 5) is 3.58. The molecule has 0 saturated carbocycles. The molecular weight excluding hydrogens is 316 g/mol. The van der Waals surface area contributed by atoms with Gasteiger partial charge in [0.15, 0.2) is 0 Å². The summed E-state index contributed by atoms with van der Waals surface area (Å²) < 4.78 is 2.53. The number of unbranched alkanes of at least 4 members (excludes halogenated alkanes) is 10. The van der Waals surface area contributed by atoms with Gasteiger partial charge in [-0.15, -0.1) is 0 Å². The average Bonchev–Trinajstić information content (AvgIpc) is 3.13. The molecule has 2 heteroatoms. The van der Waals surface area contributed by atoms with Gasteiger partial charge in [-0.1, -0.05) is 91.4 Å². The molecule has 2 unspecified atom stereocenters. The summed E-state index contributed by atoms with van der Waals surface area (Å²) in [7, 11) is 0. The lowest BCUT2D eigenvalue weighted by Gasteiger charge is -2.15. The number of hydrogen-bond acceptors (Lipinski definition) is 0. The second-order valence-electron chi connectivity index (χ2n) is 8.32. The zero-order valence-electron chi connectivity index (χ0n) is 18.4. The van der Waals surface area contributed by atoms with Crippen LogP contribution in [0.15, 0.2) is 12.4 Å². The molecule has 1 rings (SSSR count). The maximum atomic E-state index is 3.58. The van der Waals surface area contributed by atoms with Gasteiger partial charge in [-0.2, -0.15) is 0 Å². The second kappa shape index (κ2) is 15.3. The molecule has 0 radical (unpaired) electrons. The highest BCUT2D eigenvalue weighted by atomic mass is 15.1. The maximum absolute atomic E-state index is 3.58. The molecule has 1 heterocycles. The maximum Gasteiger partial charge on any atom is 0.257 e. The fourth-order valence-electron chi connectivity index (χ4n) is 4.14. The van der Waals surface area contributed by atoms with Crippen molar-refractivity contribution in [2.24, 2.45) is 0 Å². The molecule has 26 heavy (non-hydrogen) atoms. The van der Waals surface area contributed by atoms with Gasteiger partial charge in [0.1, 0.15) is 12.4 Å². The van der Waals surface area contributed by atoms with Crippen molar-refractivity contribution in [2.75, 3.05) is 0 Å². The van der Waals surface area contributed by atoms with E-state index in [2.05, 4.69) is 49.6 Å². The van der Waals surface area contributed by atoms with Crippen molar-refractivity contribution in [3.05, 3.63) is 18.2 Å². The number of aromatic nitrogens is 2. The normalized spacial score (nSPS) is 13.8. The first-order chi connectivity index (χ1) is 12.7. The van der Waals surface area contributed by atoms with E-state index in [1.807, 2.05) is 0 Å². The van der Waals surface area contributed by atoms with E-state index in [4.69, 9.17) is 0 Å². The van der Waals surface area contributed by atoms with Gasteiger partial charge < -0.3 is 0 Å². The van der Waals surface area contributed by atoms with Gasteiger partial charge >= 0.3 is 0 Å². The summed E-state index contributed by atoms with van der Waals surface area (Å²) in [5.41, 5.74) is 0. The number of nitrogens with one attached hydrogen (secondary N) is 1. The van der Waals surface area contributed by atoms with Crippen LogP contribution >= 0.6 is 0 Å². The minimum absolute atomic E-state index is 0.626. The number of aromatic amines is 1. The van der Waals surface area contributed by atoms with Crippen LogP contribution < -0.4 is 4.57 Å². The first kappa shape index (κ1) is 23.2. The molecule has 1 aromatic heterocycles. The Bertz CT molecular complexity index is 424. The van der Waals surface area contributed by atoms with Crippen LogP contribution in [0.1, 0.15) is 142 Å². The Morgan fingerprint density at radius 2 is 1.31 bits per heavy atom. The van der Waals surface area contributed by atoms with Gasteiger partial charge in [0, 0.05) is 0 Å². The Hall–Kier alpha value is -0.790. The highest BCUT2D eigenvalue weighted by Crippen LogP contribution is 2.24. The minimum atomic E-state index is 0.626. The lowest BCUT2D eigenvalue weighted by molar-refractivity contribution is -0.727. The predicted octanol–water partition coefficient (Wildman–Crippen LogP) is 7.86. The highest BCUT2D eigenvalue weighted by molar-refractivity contribution is 4.89. The van der Waals surface area contributed by atoms with Crippen LogP contribution in [-0.2, 0) is 0 Å². The summed E-state index contributed by atoms with van der Waals surface area (Å²) in [5.74, 6) is 2.17. The van der Waals surface area contributed by atoms with Crippen LogP contribution in [-0.4, -0.2) is 4.98 Å². The van der Waals surface area contributed by atoms with Crippen LogP contribution in [0.2, 0.25) is 0 Å². The van der Waals surface area contributed by atoms with E-state index in [9.17, 15) is 0 Å². The third-order valence-electron chi connectivity index (χ3n) is 5.98. The first-order valence-electron chi connectivity index (χ1n) is 11.8. The zero-order chi connectivity index (χ0) is 19.0. The van der Waals surface area contributed by atoms with Crippen molar-refractivity contribution >= 4 is 0 Å². The van der Waals surface area contributed by atoms with E-state index in [0.717, 1.165) is 0 Å². The molecule has 1 N–H and O–H groups in total. The minimum Gasteiger partial charge on any atom is -0.247 e. The van der Waals surface area contributed by atoms with Crippen molar-refractivity contribution in [2.45, 2.75) is 136 Å². The standard InChI is InChI=1S/C24H46N2/c1-5-8-10-12-13-14-15-17-19-23(7-3)24-25-20-21-26(24)22(4)18-16-11-9-6-2/h20-23H,5-19H2,1-4H3/p+1. The number of hydrogen-bond donors (Lipinski definition) is 1. The lowest BCUT2D eigenvalue weighted by Crippen LogP contribution is -2.41. The fraction of sp³-hybridized carbons (Fsp3) is 0.875. The van der Waals surface area contributed by atoms with Crippen molar-refractivity contribution in [1.29, 1.82) is 0 Å². The first-order valence-corrected chi connectivity index (χ1v) is 11.8. The smallest absolute Gasteiger partial charge is 0.247 e. The number of nitrogens with zero attached hydrogens (tertiary/aromatic N) is 1. The van der Waals surface area contributed by atoms with E-state index < -0.39 is 0 Å². The van der Waals surface area contributed by atoms with Gasteiger partial charge in [0.05, 0.1) is 12.0 Å². The topological polar surface area (TPSA) is 19.7 Å². The van der Waals surface area contributed by atoms with Gasteiger partial charge in [-0.25, -0.2) is 9.55 Å². The quantitative estimate of drug-likeness (QED) is 0.215. The van der Waals surface area contributed by atoms with Gasteiger partial charge in [0.25, 0.3) is 5.82 Å². The molecule has 152 valence electrons. The van der Waals surface area contributed by atoms with Crippen LogP contribution in [0.3, 0.4) is 0 Å². The van der Waals surface area contributed by atoms with Gasteiger partial charge in [0.2, 0.25) is 0 Å². The summed E-state index contributed by atoms with van der Waals surface area (Å²) in [6, 6.07) is 0.626. The molecule has 0 aliphatic heterocycles. The average molecular weight is 364 g/mol. The molecule has 0 fully saturated rings. The fourth-order valence-corrected chi connectivity index (χ4v) is 4.14. The summed E-state index contributed by atoms with van der Waals surface area (Å²) in [5, 5.41) is 0. The van der Waals surface area contributed by atoms with E-state index >= 15 is 0 Å². The summed E-state index contributed by atoms with van der Waals surface area (Å²) in [6.45, 7) is 9.34. The molecule has 0 aliphatic carbocycles. The van der Waals surface area contributed by atoms with Crippen molar-refractivity contribution in [3.8, 4) is 0 Å². The predicted molar refractivity (Wildman–Crippen MR) is 115 cm³/mol. The largest absolute Gasteiger partial charge is 0.257 e. The second-order valence-corrected chi connectivity index (χ2v) is 8.32. The Morgan fingerprint density at radius 1 is 0.769 bits per heavy atom. The molecule has 0 amide bonds. The molecule has 0 spiro atoms. The molecule has 0 bridgehead atoms. The molecule has 2 atom stereocenters. The van der Waals surface area contributed by atoms with E-state index in [1.54, 1.807) is 0 Å². The van der Waals surface area contributed by atoms with E-state index in [-0.39, 0.29) is 0 Å². The molecule has 1 aromatic rings. The van der Waals surface area contributed by atoms with Gasteiger partial charge in [-0.05, 0) is 32.6 Å². The van der Waals surface area contributed by atoms with E-state index in [0.29, 0.717) is 12.0 Å². The summed E-state index contributed by atoms with van der Waals surface area (Å²) in [6.07, 6.45) is 25.1. The van der Waals surface area contributed by atoms with Crippen LogP contribution in [0, 0.1) is 0 Å². The third kappa shape index (κ3) is 9.24. The summed E-state index contributed by atoms with van der Waals surface area (Å²) >= 11 is 0. The van der Waals surface area contributed by atoms with Crippen LogP contribution in [0.25, 0.3) is 0 Å². The molecule has 0 aromatic carbocycles. The third-order valence-corrected chi connectivity index (χ3v) is 5.98. The molecule has 2 nitrogen and oxygen atoms in total. The Labute approximate surface area is 164 Å². The van der Waals surface area contributed by atoms with Crippen molar-refractivity contribution < 1.29 is 4.57 Å². The van der Waals surface area contributed by atoms with Gasteiger partial charge in [-0.3, -0.25) is 0 Å². The Kier molecular flexibility index (Phi) is 13.7. The number of H-pyrrole nitrogens is 1. The van der Waals surface area contributed by atoms with Crippen molar-refractivity contribution in [3.63, 3.8) is 0 Å². The number of imidazole rings is 1. The van der Waals surface area contributed by atoms with Crippen molar-refractivity contribution in [1.82, 2.24) is 4.98 Å². The highest BCUT2D eigenvalue weighted by Gasteiger charge is 2.24. The van der Waals surface area contributed by atoms with Crippen LogP contribution in [0.4, 0.5) is 0 Å². The van der Waals surface area contributed by atoms with E-state index in [1.165, 1.54) is 102 Å². The van der Waals surface area contributed by atoms with Crippen LogP contribution in [0.5, 0.6) is 0 Å². The number of rotatable bonds is 17.